The molecule has 2 aromatic carbocycles. The number of carbonyl (C=O) groups is 1. The minimum Gasteiger partial charge on any atom is -0.491 e. The summed E-state index contributed by atoms with van der Waals surface area (Å²) in [5, 5.41) is 6.37. The average molecular weight is 353 g/mol. The number of hydrogen-bond donors (Lipinski definition) is 3. The van der Waals surface area contributed by atoms with E-state index in [4.69, 9.17) is 10.5 Å². The van der Waals surface area contributed by atoms with Crippen molar-refractivity contribution in [1.29, 1.82) is 0 Å². The Morgan fingerprint density at radius 2 is 1.96 bits per heavy atom. The lowest BCUT2D eigenvalue weighted by atomic mass is 10.00. The van der Waals surface area contributed by atoms with Crippen molar-refractivity contribution in [2.45, 2.75) is 39.8 Å². The summed E-state index contributed by atoms with van der Waals surface area (Å²) in [7, 11) is 0. The molecule has 0 spiro atoms. The van der Waals surface area contributed by atoms with Gasteiger partial charge in [-0.25, -0.2) is 0 Å². The lowest BCUT2D eigenvalue weighted by Gasteiger charge is -2.18. The van der Waals surface area contributed by atoms with Gasteiger partial charge in [0.1, 0.15) is 12.4 Å². The van der Waals surface area contributed by atoms with Crippen molar-refractivity contribution in [3.05, 3.63) is 58.1 Å². The van der Waals surface area contributed by atoms with Crippen LogP contribution >= 0.6 is 0 Å². The first-order valence-corrected chi connectivity index (χ1v) is 9.07. The monoisotopic (exact) mass is 353 g/mol. The number of fused-ring (bicyclic) bond motifs is 1. The molecule has 26 heavy (non-hydrogen) atoms. The van der Waals surface area contributed by atoms with Gasteiger partial charge in [0.05, 0.1) is 0 Å². The predicted molar refractivity (Wildman–Crippen MR) is 105 cm³/mol. The second kappa shape index (κ2) is 7.89. The van der Waals surface area contributed by atoms with Crippen LogP contribution in [0.25, 0.3) is 0 Å². The van der Waals surface area contributed by atoms with Crippen molar-refractivity contribution >= 4 is 11.6 Å². The van der Waals surface area contributed by atoms with Crippen LogP contribution < -0.4 is 21.1 Å². The van der Waals surface area contributed by atoms with E-state index in [1.165, 1.54) is 11.1 Å². The number of ether oxygens (including phenoxy) is 1. The second-order valence-corrected chi connectivity index (χ2v) is 7.09. The molecule has 5 nitrogen and oxygen atoms in total. The van der Waals surface area contributed by atoms with Gasteiger partial charge in [-0.3, -0.25) is 4.79 Å². The Kier molecular flexibility index (Phi) is 5.59. The summed E-state index contributed by atoms with van der Waals surface area (Å²) in [4.78, 5) is 12.7. The van der Waals surface area contributed by atoms with E-state index in [0.717, 1.165) is 42.1 Å². The number of anilines is 1. The molecule has 1 aliphatic heterocycles. The molecule has 0 saturated carbocycles. The van der Waals surface area contributed by atoms with Crippen LogP contribution in [0, 0.1) is 13.8 Å². The number of nitrogens with one attached hydrogen (secondary N) is 2. The van der Waals surface area contributed by atoms with Gasteiger partial charge in [-0.1, -0.05) is 6.07 Å². The highest BCUT2D eigenvalue weighted by Gasteiger charge is 2.14. The van der Waals surface area contributed by atoms with Crippen molar-refractivity contribution in [1.82, 2.24) is 5.32 Å². The van der Waals surface area contributed by atoms with E-state index < -0.39 is 0 Å². The lowest BCUT2D eigenvalue weighted by Crippen LogP contribution is -2.24. The number of rotatable bonds is 5. The van der Waals surface area contributed by atoms with E-state index in [1.54, 1.807) is 0 Å². The van der Waals surface area contributed by atoms with Crippen molar-refractivity contribution in [3.63, 3.8) is 0 Å². The fourth-order valence-corrected chi connectivity index (χ4v) is 3.28. The van der Waals surface area contributed by atoms with Gasteiger partial charge in [0.15, 0.2) is 0 Å². The first-order valence-electron chi connectivity index (χ1n) is 9.07. The van der Waals surface area contributed by atoms with Gasteiger partial charge in [-0.2, -0.15) is 0 Å². The minimum atomic E-state index is -0.108. The summed E-state index contributed by atoms with van der Waals surface area (Å²) in [5.74, 6) is 0.698. The lowest BCUT2D eigenvalue weighted by molar-refractivity contribution is 0.102. The fraction of sp³-hybridized carbons (Fsp3) is 0.381. The molecule has 1 unspecified atom stereocenters. The third kappa shape index (κ3) is 4.23. The maximum Gasteiger partial charge on any atom is 0.255 e. The highest BCUT2D eigenvalue weighted by molar-refractivity contribution is 6.04. The molecule has 1 aliphatic rings. The van der Waals surface area contributed by atoms with Crippen LogP contribution in [0.5, 0.6) is 5.75 Å². The summed E-state index contributed by atoms with van der Waals surface area (Å²) in [5.41, 5.74) is 11.7. The Morgan fingerprint density at radius 1 is 1.23 bits per heavy atom. The number of hydrogen-bond acceptors (Lipinski definition) is 4. The molecule has 1 amide bonds. The van der Waals surface area contributed by atoms with Crippen LogP contribution in [-0.4, -0.2) is 25.1 Å². The first kappa shape index (κ1) is 18.4. The number of amides is 1. The Morgan fingerprint density at radius 3 is 2.65 bits per heavy atom. The second-order valence-electron chi connectivity index (χ2n) is 7.09. The number of carbonyl (C=O) groups excluding carboxylic acids is 1. The topological polar surface area (TPSA) is 76.4 Å². The SMILES string of the molecule is Cc1cc(C(=O)Nc2ccc3c(c2)CCNC3)cc(C)c1OCC(C)N. The molecule has 0 saturated heterocycles. The zero-order chi connectivity index (χ0) is 18.7. The van der Waals surface area contributed by atoms with Crippen molar-refractivity contribution in [3.8, 4) is 5.75 Å². The molecule has 0 bridgehead atoms. The van der Waals surface area contributed by atoms with Gasteiger partial charge in [-0.05, 0) is 80.3 Å². The standard InChI is InChI=1S/C21H27N3O2/c1-13-8-18(9-14(2)20(13)26-12-15(3)22)21(25)24-19-5-4-17-11-23-7-6-16(17)10-19/h4-5,8-10,15,23H,6-7,11-12,22H2,1-3H3,(H,24,25). The van der Waals surface area contributed by atoms with Gasteiger partial charge >= 0.3 is 0 Å². The van der Waals surface area contributed by atoms with Crippen LogP contribution in [0.15, 0.2) is 30.3 Å². The zero-order valence-corrected chi connectivity index (χ0v) is 15.7. The predicted octanol–water partition coefficient (Wildman–Crippen LogP) is 2.93. The highest BCUT2D eigenvalue weighted by Crippen LogP contribution is 2.26. The van der Waals surface area contributed by atoms with Crippen LogP contribution in [-0.2, 0) is 13.0 Å². The maximum absolute atomic E-state index is 12.7. The molecule has 0 aromatic heterocycles. The average Bonchev–Trinajstić information content (AvgIpc) is 2.60. The van der Waals surface area contributed by atoms with Crippen LogP contribution in [0.1, 0.15) is 39.5 Å². The van der Waals surface area contributed by atoms with E-state index in [2.05, 4.69) is 22.8 Å². The van der Waals surface area contributed by atoms with Gasteiger partial charge in [0, 0.05) is 23.8 Å². The van der Waals surface area contributed by atoms with Gasteiger partial charge < -0.3 is 21.1 Å². The molecule has 1 atom stereocenters. The maximum atomic E-state index is 12.7. The number of aryl methyl sites for hydroxylation is 2. The molecule has 0 fully saturated rings. The third-order valence-corrected chi connectivity index (χ3v) is 4.56. The van der Waals surface area contributed by atoms with E-state index >= 15 is 0 Å². The highest BCUT2D eigenvalue weighted by atomic mass is 16.5. The largest absolute Gasteiger partial charge is 0.491 e. The molecule has 1 heterocycles. The summed E-state index contributed by atoms with van der Waals surface area (Å²) in [6.45, 7) is 8.13. The van der Waals surface area contributed by atoms with Gasteiger partial charge in [0.2, 0.25) is 0 Å². The molecule has 138 valence electrons. The van der Waals surface area contributed by atoms with E-state index in [0.29, 0.717) is 12.2 Å². The third-order valence-electron chi connectivity index (χ3n) is 4.56. The summed E-state index contributed by atoms with van der Waals surface area (Å²) < 4.78 is 5.78. The van der Waals surface area contributed by atoms with Crippen LogP contribution in [0.3, 0.4) is 0 Å². The molecule has 3 rings (SSSR count). The molecule has 5 heteroatoms. The molecule has 0 radical (unpaired) electrons. The van der Waals surface area contributed by atoms with Gasteiger partial charge in [-0.15, -0.1) is 0 Å². The van der Waals surface area contributed by atoms with Crippen molar-refractivity contribution in [2.75, 3.05) is 18.5 Å². The summed E-state index contributed by atoms with van der Waals surface area (Å²) >= 11 is 0. The Labute approximate surface area is 154 Å². The molecule has 0 aliphatic carbocycles. The van der Waals surface area contributed by atoms with Crippen LogP contribution in [0.4, 0.5) is 5.69 Å². The van der Waals surface area contributed by atoms with E-state index in [-0.39, 0.29) is 11.9 Å². The quantitative estimate of drug-likeness (QED) is 0.772. The summed E-state index contributed by atoms with van der Waals surface area (Å²) in [6.07, 6.45) is 0.989. The molecular weight excluding hydrogens is 326 g/mol. The minimum absolute atomic E-state index is 0.0315. The summed E-state index contributed by atoms with van der Waals surface area (Å²) in [6, 6.07) is 9.81. The number of nitrogens with two attached hydrogens (primary N) is 1. The molecule has 4 N–H and O–H groups in total. The Balaban J connectivity index is 1.75. The Bertz CT molecular complexity index is 792. The normalized spacial score (nSPS) is 14.5. The number of benzene rings is 2. The first-order chi connectivity index (χ1) is 12.4. The van der Waals surface area contributed by atoms with E-state index in [1.807, 2.05) is 39.0 Å². The fourth-order valence-electron chi connectivity index (χ4n) is 3.28. The van der Waals surface area contributed by atoms with Gasteiger partial charge in [0.25, 0.3) is 5.91 Å². The van der Waals surface area contributed by atoms with Crippen molar-refractivity contribution < 1.29 is 9.53 Å². The smallest absolute Gasteiger partial charge is 0.255 e. The zero-order valence-electron chi connectivity index (χ0n) is 15.7. The van der Waals surface area contributed by atoms with Crippen LogP contribution in [0.2, 0.25) is 0 Å². The van der Waals surface area contributed by atoms with Crippen molar-refractivity contribution in [2.24, 2.45) is 5.73 Å². The Hall–Kier alpha value is -2.37. The molecular formula is C21H27N3O2. The van der Waals surface area contributed by atoms with E-state index in [9.17, 15) is 4.79 Å². The molecule has 2 aromatic rings.